The summed E-state index contributed by atoms with van der Waals surface area (Å²) in [7, 11) is 0. The van der Waals surface area contributed by atoms with Crippen molar-refractivity contribution in [1.29, 1.82) is 0 Å². The molecular formula is C18H21ClN2OS. The molecule has 1 amide bonds. The Balaban J connectivity index is 1.76. The maximum absolute atomic E-state index is 12.5. The van der Waals surface area contributed by atoms with E-state index in [9.17, 15) is 4.79 Å². The van der Waals surface area contributed by atoms with Crippen molar-refractivity contribution in [2.75, 3.05) is 6.54 Å². The van der Waals surface area contributed by atoms with Crippen molar-refractivity contribution in [2.45, 2.75) is 38.8 Å². The first-order valence-electron chi connectivity index (χ1n) is 7.93. The van der Waals surface area contributed by atoms with Gasteiger partial charge in [0.25, 0.3) is 5.91 Å². The minimum Gasteiger partial charge on any atom is -0.349 e. The summed E-state index contributed by atoms with van der Waals surface area (Å²) >= 11 is 7.61. The molecule has 0 aliphatic carbocycles. The first-order chi connectivity index (χ1) is 11.0. The van der Waals surface area contributed by atoms with Gasteiger partial charge in [-0.15, -0.1) is 11.3 Å². The van der Waals surface area contributed by atoms with Gasteiger partial charge in [0.2, 0.25) is 0 Å². The Labute approximate surface area is 146 Å². The lowest BCUT2D eigenvalue weighted by molar-refractivity contribution is 0.0930. The van der Waals surface area contributed by atoms with Crippen LogP contribution in [0.1, 0.15) is 35.0 Å². The van der Waals surface area contributed by atoms with Crippen LogP contribution < -0.4 is 10.6 Å². The minimum absolute atomic E-state index is 0.0329. The molecule has 0 bridgehead atoms. The lowest BCUT2D eigenvalue weighted by Crippen LogP contribution is -2.46. The Hall–Kier alpha value is -1.36. The van der Waals surface area contributed by atoms with Gasteiger partial charge in [-0.05, 0) is 62.6 Å². The van der Waals surface area contributed by atoms with Crippen LogP contribution in [0.25, 0.3) is 10.4 Å². The zero-order valence-corrected chi connectivity index (χ0v) is 14.9. The van der Waals surface area contributed by atoms with Crippen molar-refractivity contribution in [3.05, 3.63) is 45.8 Å². The van der Waals surface area contributed by atoms with Crippen LogP contribution in [-0.2, 0) is 0 Å². The number of thiophene rings is 1. The average Bonchev–Trinajstić information content (AvgIpc) is 2.89. The predicted octanol–water partition coefficient (Wildman–Crippen LogP) is 4.25. The van der Waals surface area contributed by atoms with Crippen molar-refractivity contribution in [3.63, 3.8) is 0 Å². The Morgan fingerprint density at radius 1 is 1.39 bits per heavy atom. The molecule has 23 heavy (non-hydrogen) atoms. The molecule has 3 rings (SSSR count). The van der Waals surface area contributed by atoms with Gasteiger partial charge in [-0.3, -0.25) is 4.79 Å². The molecule has 1 aromatic heterocycles. The van der Waals surface area contributed by atoms with Gasteiger partial charge >= 0.3 is 0 Å². The molecule has 3 nitrogen and oxygen atoms in total. The van der Waals surface area contributed by atoms with Gasteiger partial charge in [0.15, 0.2) is 0 Å². The summed E-state index contributed by atoms with van der Waals surface area (Å²) in [5, 5.41) is 7.29. The van der Waals surface area contributed by atoms with Crippen molar-refractivity contribution in [1.82, 2.24) is 10.6 Å². The van der Waals surface area contributed by atoms with E-state index in [-0.39, 0.29) is 11.9 Å². The summed E-state index contributed by atoms with van der Waals surface area (Å²) in [6.07, 6.45) is 1.97. The van der Waals surface area contributed by atoms with E-state index in [4.69, 9.17) is 11.6 Å². The molecule has 2 atom stereocenters. The van der Waals surface area contributed by atoms with E-state index >= 15 is 0 Å². The molecule has 2 heterocycles. The van der Waals surface area contributed by atoms with E-state index in [1.54, 1.807) is 0 Å². The van der Waals surface area contributed by atoms with Crippen LogP contribution in [0.15, 0.2) is 30.3 Å². The standard InChI is InChI=1S/C18H21ClN2OS/c1-11-8-16(18(22)21-15-6-7-20-12(2)9-15)23-17(11)13-4-3-5-14(19)10-13/h3-5,8,10,12,15,20H,6-7,9H2,1-2H3,(H,21,22). The van der Waals surface area contributed by atoms with E-state index in [1.807, 2.05) is 37.3 Å². The summed E-state index contributed by atoms with van der Waals surface area (Å²) in [6.45, 7) is 5.16. The van der Waals surface area contributed by atoms with Crippen molar-refractivity contribution >= 4 is 28.8 Å². The summed E-state index contributed by atoms with van der Waals surface area (Å²) in [4.78, 5) is 14.4. The van der Waals surface area contributed by atoms with Crippen LogP contribution >= 0.6 is 22.9 Å². The average molecular weight is 349 g/mol. The second-order valence-electron chi connectivity index (χ2n) is 6.18. The van der Waals surface area contributed by atoms with Crippen LogP contribution in [0.4, 0.5) is 0 Å². The first kappa shape index (κ1) is 16.5. The van der Waals surface area contributed by atoms with E-state index < -0.39 is 0 Å². The molecular weight excluding hydrogens is 328 g/mol. The summed E-state index contributed by atoms with van der Waals surface area (Å²) in [5.74, 6) is 0.0329. The van der Waals surface area contributed by atoms with Gasteiger partial charge in [-0.2, -0.15) is 0 Å². The Morgan fingerprint density at radius 3 is 2.96 bits per heavy atom. The second kappa shape index (κ2) is 7.04. The van der Waals surface area contributed by atoms with Crippen molar-refractivity contribution in [2.24, 2.45) is 0 Å². The number of hydrogen-bond acceptors (Lipinski definition) is 3. The second-order valence-corrected chi connectivity index (χ2v) is 7.67. The highest BCUT2D eigenvalue weighted by Crippen LogP contribution is 2.33. The summed E-state index contributed by atoms with van der Waals surface area (Å²) in [6, 6.07) is 10.5. The Morgan fingerprint density at radius 2 is 2.22 bits per heavy atom. The molecule has 1 aromatic carbocycles. The van der Waals surface area contributed by atoms with Gasteiger partial charge in [-0.1, -0.05) is 23.7 Å². The summed E-state index contributed by atoms with van der Waals surface area (Å²) in [5.41, 5.74) is 2.18. The molecule has 2 unspecified atom stereocenters. The number of hydrogen-bond donors (Lipinski definition) is 2. The lowest BCUT2D eigenvalue weighted by atomic mass is 10.0. The molecule has 2 aromatic rings. The van der Waals surface area contributed by atoms with Crippen molar-refractivity contribution < 1.29 is 4.79 Å². The van der Waals surface area contributed by atoms with E-state index in [2.05, 4.69) is 17.6 Å². The van der Waals surface area contributed by atoms with Crippen LogP contribution in [0.2, 0.25) is 5.02 Å². The predicted molar refractivity (Wildman–Crippen MR) is 97.5 cm³/mol. The fourth-order valence-corrected chi connectivity index (χ4v) is 4.29. The van der Waals surface area contributed by atoms with E-state index in [0.717, 1.165) is 40.3 Å². The molecule has 0 radical (unpaired) electrons. The number of benzene rings is 1. The number of aryl methyl sites for hydroxylation is 1. The fraction of sp³-hybridized carbons (Fsp3) is 0.389. The molecule has 5 heteroatoms. The van der Waals surface area contributed by atoms with E-state index in [1.165, 1.54) is 11.3 Å². The fourth-order valence-electron chi connectivity index (χ4n) is 3.03. The number of halogens is 1. The maximum Gasteiger partial charge on any atom is 0.261 e. The third-order valence-corrected chi connectivity index (χ3v) is 5.71. The number of nitrogens with one attached hydrogen (secondary N) is 2. The van der Waals surface area contributed by atoms with Crippen LogP contribution in [0.5, 0.6) is 0 Å². The topological polar surface area (TPSA) is 41.1 Å². The molecule has 1 saturated heterocycles. The molecule has 1 aliphatic heterocycles. The molecule has 1 aliphatic rings. The SMILES string of the molecule is Cc1cc(C(=O)NC2CCNC(C)C2)sc1-c1cccc(Cl)c1. The number of piperidine rings is 1. The minimum atomic E-state index is 0.0329. The summed E-state index contributed by atoms with van der Waals surface area (Å²) < 4.78 is 0. The maximum atomic E-state index is 12.5. The molecule has 1 fully saturated rings. The van der Waals surface area contributed by atoms with Crippen LogP contribution in [0, 0.1) is 6.92 Å². The highest BCUT2D eigenvalue weighted by Gasteiger charge is 2.22. The first-order valence-corrected chi connectivity index (χ1v) is 9.13. The molecule has 122 valence electrons. The van der Waals surface area contributed by atoms with Gasteiger partial charge in [0.1, 0.15) is 0 Å². The third-order valence-electron chi connectivity index (χ3n) is 4.19. The zero-order valence-electron chi connectivity index (χ0n) is 13.4. The third kappa shape index (κ3) is 3.94. The monoisotopic (exact) mass is 348 g/mol. The van der Waals surface area contributed by atoms with E-state index in [0.29, 0.717) is 11.1 Å². The van der Waals surface area contributed by atoms with Gasteiger partial charge in [-0.25, -0.2) is 0 Å². The smallest absolute Gasteiger partial charge is 0.261 e. The highest BCUT2D eigenvalue weighted by molar-refractivity contribution is 7.17. The Kier molecular flexibility index (Phi) is 5.05. The van der Waals surface area contributed by atoms with Crippen LogP contribution in [-0.4, -0.2) is 24.5 Å². The van der Waals surface area contributed by atoms with Gasteiger partial charge < -0.3 is 10.6 Å². The quantitative estimate of drug-likeness (QED) is 0.870. The molecule has 2 N–H and O–H groups in total. The zero-order chi connectivity index (χ0) is 16.4. The van der Waals surface area contributed by atoms with Gasteiger partial charge in [0, 0.05) is 22.0 Å². The normalized spacial score (nSPS) is 21.2. The number of carbonyl (C=O) groups is 1. The van der Waals surface area contributed by atoms with Crippen molar-refractivity contribution in [3.8, 4) is 10.4 Å². The van der Waals surface area contributed by atoms with Gasteiger partial charge in [0.05, 0.1) is 4.88 Å². The Bertz CT molecular complexity index is 713. The molecule has 0 spiro atoms. The van der Waals surface area contributed by atoms with Crippen LogP contribution in [0.3, 0.4) is 0 Å². The number of amides is 1. The molecule has 0 saturated carbocycles. The highest BCUT2D eigenvalue weighted by atomic mass is 35.5. The number of rotatable bonds is 3. The number of carbonyl (C=O) groups excluding carboxylic acids is 1. The largest absolute Gasteiger partial charge is 0.349 e. The lowest BCUT2D eigenvalue weighted by Gasteiger charge is -2.28.